The number of halogens is 2. The Labute approximate surface area is 210 Å². The minimum absolute atomic E-state index is 0. The van der Waals surface area contributed by atoms with Gasteiger partial charge in [0.2, 0.25) is 10.0 Å². The maximum atomic E-state index is 13.1. The second-order valence-electron chi connectivity index (χ2n) is 9.11. The van der Waals surface area contributed by atoms with Gasteiger partial charge in [0.05, 0.1) is 18.4 Å². The molecule has 0 N–H and O–H groups in total. The van der Waals surface area contributed by atoms with Crippen LogP contribution in [0.2, 0.25) is 5.02 Å². The minimum atomic E-state index is -3.16. The van der Waals surface area contributed by atoms with Crippen LogP contribution >= 0.6 is 24.0 Å². The molecule has 1 aromatic carbocycles. The quantitative estimate of drug-likeness (QED) is 0.331. The molecule has 2 fully saturated rings. The summed E-state index contributed by atoms with van der Waals surface area (Å²) in [6.07, 6.45) is 8.80. The van der Waals surface area contributed by atoms with Crippen molar-refractivity contribution in [3.8, 4) is 5.75 Å². The van der Waals surface area contributed by atoms with Crippen molar-refractivity contribution in [3.05, 3.63) is 28.8 Å². The summed E-state index contributed by atoms with van der Waals surface area (Å²) in [6, 6.07) is 5.17. The van der Waals surface area contributed by atoms with E-state index < -0.39 is 10.0 Å². The number of rotatable bonds is 9. The van der Waals surface area contributed by atoms with Gasteiger partial charge in [-0.25, -0.2) is 8.42 Å². The summed E-state index contributed by atoms with van der Waals surface area (Å²) in [4.78, 5) is 15.6. The number of Topliss-reactive ketones (excluding diaryl/α,β-unsaturated/α-hetero) is 1. The van der Waals surface area contributed by atoms with Gasteiger partial charge in [-0.1, -0.05) is 44.2 Å². The van der Waals surface area contributed by atoms with Crippen molar-refractivity contribution >= 4 is 39.8 Å². The number of carbonyl (C=O) groups excluding carboxylic acids is 1. The summed E-state index contributed by atoms with van der Waals surface area (Å²) < 4.78 is 32.0. The molecule has 2 aliphatic rings. The van der Waals surface area contributed by atoms with Gasteiger partial charge in [-0.3, -0.25) is 9.69 Å². The Kier molecular flexibility index (Phi) is 10.9. The molecule has 1 saturated heterocycles. The lowest BCUT2D eigenvalue weighted by Gasteiger charge is -2.48. The summed E-state index contributed by atoms with van der Waals surface area (Å²) >= 11 is 6.06. The first-order chi connectivity index (χ1) is 15.3. The SMILES string of the molecule is CCCS(=O)(=O)N1CCN(C2(CCC(=O)c3ccc(Cl)cc3OC)CCCCCC2)CC1.Cl. The summed E-state index contributed by atoms with van der Waals surface area (Å²) in [6.45, 7) is 4.47. The van der Waals surface area contributed by atoms with Gasteiger partial charge < -0.3 is 4.74 Å². The number of sulfonamides is 1. The first kappa shape index (κ1) is 28.4. The maximum Gasteiger partial charge on any atom is 0.214 e. The molecule has 0 aromatic heterocycles. The molecule has 0 amide bonds. The van der Waals surface area contributed by atoms with E-state index in [1.165, 1.54) is 12.8 Å². The highest BCUT2D eigenvalue weighted by Gasteiger charge is 2.40. The summed E-state index contributed by atoms with van der Waals surface area (Å²) in [5, 5.41) is 0.550. The lowest BCUT2D eigenvalue weighted by atomic mass is 9.82. The fourth-order valence-electron chi connectivity index (χ4n) is 5.31. The second-order valence-corrected chi connectivity index (χ2v) is 11.6. The lowest BCUT2D eigenvalue weighted by Crippen LogP contribution is -2.58. The van der Waals surface area contributed by atoms with E-state index in [1.54, 1.807) is 29.6 Å². The topological polar surface area (TPSA) is 66.9 Å². The third kappa shape index (κ3) is 7.07. The van der Waals surface area contributed by atoms with Crippen LogP contribution in [0.15, 0.2) is 18.2 Å². The maximum absolute atomic E-state index is 13.1. The molecule has 1 saturated carbocycles. The number of methoxy groups -OCH3 is 1. The molecule has 9 heteroatoms. The number of hydrogen-bond donors (Lipinski definition) is 0. The Hall–Kier alpha value is -0.860. The number of piperazine rings is 1. The number of benzene rings is 1. The van der Waals surface area contributed by atoms with E-state index >= 15 is 0 Å². The van der Waals surface area contributed by atoms with Gasteiger partial charge in [0, 0.05) is 43.2 Å². The minimum Gasteiger partial charge on any atom is -0.496 e. The molecule has 6 nitrogen and oxygen atoms in total. The van der Waals surface area contributed by atoms with Crippen LogP contribution in [0.3, 0.4) is 0 Å². The number of carbonyl (C=O) groups is 1. The molecular formula is C24H38Cl2N2O4S. The van der Waals surface area contributed by atoms with Crippen molar-refractivity contribution in [2.45, 2.75) is 70.3 Å². The van der Waals surface area contributed by atoms with Crippen LogP contribution in [0.4, 0.5) is 0 Å². The molecule has 1 aliphatic carbocycles. The fourth-order valence-corrected chi connectivity index (χ4v) is 6.97. The molecule has 0 bridgehead atoms. The average molecular weight is 522 g/mol. The van der Waals surface area contributed by atoms with Crippen molar-refractivity contribution in [2.24, 2.45) is 0 Å². The van der Waals surface area contributed by atoms with E-state index in [0.29, 0.717) is 42.3 Å². The highest BCUT2D eigenvalue weighted by atomic mass is 35.5. The van der Waals surface area contributed by atoms with E-state index in [4.69, 9.17) is 16.3 Å². The molecule has 0 unspecified atom stereocenters. The largest absolute Gasteiger partial charge is 0.496 e. The Morgan fingerprint density at radius 2 is 1.73 bits per heavy atom. The molecule has 0 atom stereocenters. The lowest BCUT2D eigenvalue weighted by molar-refractivity contribution is 0.0320. The predicted molar refractivity (Wildman–Crippen MR) is 136 cm³/mol. The summed E-state index contributed by atoms with van der Waals surface area (Å²) in [7, 11) is -1.60. The number of hydrogen-bond acceptors (Lipinski definition) is 5. The van der Waals surface area contributed by atoms with Gasteiger partial charge >= 0.3 is 0 Å². The van der Waals surface area contributed by atoms with Crippen molar-refractivity contribution in [1.29, 1.82) is 0 Å². The molecular weight excluding hydrogens is 483 g/mol. The Bertz CT molecular complexity index is 878. The Balaban J connectivity index is 0.00000385. The molecule has 3 rings (SSSR count). The van der Waals surface area contributed by atoms with Gasteiger partial charge in [0.15, 0.2) is 5.78 Å². The standard InChI is InChI=1S/C24H37ClN2O4S.ClH/c1-3-18-32(29,30)27-16-14-26(15-17-27)24(11-6-4-5-7-12-24)13-10-22(28)21-9-8-20(25)19-23(21)31-2;/h8-9,19H,3-7,10-18H2,1-2H3;1H. The van der Waals surface area contributed by atoms with E-state index in [2.05, 4.69) is 4.90 Å². The van der Waals surface area contributed by atoms with Crippen LogP contribution in [-0.4, -0.2) is 68.0 Å². The second kappa shape index (κ2) is 12.7. The van der Waals surface area contributed by atoms with Crippen molar-refractivity contribution < 1.29 is 17.9 Å². The van der Waals surface area contributed by atoms with Crippen LogP contribution in [0.5, 0.6) is 5.75 Å². The molecule has 188 valence electrons. The monoisotopic (exact) mass is 520 g/mol. The van der Waals surface area contributed by atoms with E-state index in [1.807, 2.05) is 6.92 Å². The fraction of sp³-hybridized carbons (Fsp3) is 0.708. The van der Waals surface area contributed by atoms with Gasteiger partial charge in [0.25, 0.3) is 0 Å². The molecule has 1 heterocycles. The normalized spacial score (nSPS) is 20.0. The highest BCUT2D eigenvalue weighted by Crippen LogP contribution is 2.38. The zero-order valence-corrected chi connectivity index (χ0v) is 22.2. The zero-order chi connectivity index (χ0) is 23.2. The molecule has 33 heavy (non-hydrogen) atoms. The molecule has 0 spiro atoms. The number of ketones is 1. The third-order valence-corrected chi connectivity index (χ3v) is 9.39. The Morgan fingerprint density at radius 1 is 1.09 bits per heavy atom. The van der Waals surface area contributed by atoms with E-state index in [0.717, 1.165) is 45.2 Å². The Morgan fingerprint density at radius 3 is 2.30 bits per heavy atom. The van der Waals surface area contributed by atoms with Gasteiger partial charge in [0.1, 0.15) is 5.75 Å². The van der Waals surface area contributed by atoms with Crippen molar-refractivity contribution in [1.82, 2.24) is 9.21 Å². The smallest absolute Gasteiger partial charge is 0.214 e. The first-order valence-electron chi connectivity index (χ1n) is 11.9. The van der Waals surface area contributed by atoms with Crippen LogP contribution < -0.4 is 4.74 Å². The van der Waals surface area contributed by atoms with E-state index in [-0.39, 0.29) is 29.5 Å². The van der Waals surface area contributed by atoms with Crippen LogP contribution in [0.25, 0.3) is 0 Å². The van der Waals surface area contributed by atoms with Crippen molar-refractivity contribution in [3.63, 3.8) is 0 Å². The highest BCUT2D eigenvalue weighted by molar-refractivity contribution is 7.89. The van der Waals surface area contributed by atoms with Crippen LogP contribution in [0.1, 0.15) is 75.1 Å². The summed E-state index contributed by atoms with van der Waals surface area (Å²) in [5.41, 5.74) is 0.544. The summed E-state index contributed by atoms with van der Waals surface area (Å²) in [5.74, 6) is 0.814. The number of nitrogens with zero attached hydrogens (tertiary/aromatic N) is 2. The number of ether oxygens (including phenoxy) is 1. The van der Waals surface area contributed by atoms with Crippen LogP contribution in [0, 0.1) is 0 Å². The third-order valence-electron chi connectivity index (χ3n) is 7.08. The molecule has 1 aromatic rings. The average Bonchev–Trinajstić information content (AvgIpc) is 3.04. The zero-order valence-electron chi connectivity index (χ0n) is 19.9. The van der Waals surface area contributed by atoms with Crippen molar-refractivity contribution in [2.75, 3.05) is 39.0 Å². The molecule has 1 aliphatic heterocycles. The van der Waals surface area contributed by atoms with E-state index in [9.17, 15) is 13.2 Å². The molecule has 0 radical (unpaired) electrons. The van der Waals surface area contributed by atoms with Gasteiger partial charge in [-0.05, 0) is 43.9 Å². The van der Waals surface area contributed by atoms with Gasteiger partial charge in [-0.15, -0.1) is 12.4 Å². The van der Waals surface area contributed by atoms with Crippen LogP contribution in [-0.2, 0) is 10.0 Å². The predicted octanol–water partition coefficient (Wildman–Crippen LogP) is 5.18. The first-order valence-corrected chi connectivity index (χ1v) is 13.9. The van der Waals surface area contributed by atoms with Gasteiger partial charge in [-0.2, -0.15) is 4.31 Å².